The van der Waals surface area contributed by atoms with Crippen LogP contribution in [0.3, 0.4) is 0 Å². The Kier molecular flexibility index (Phi) is 3.75. The number of anilines is 1. The molecule has 0 amide bonds. The van der Waals surface area contributed by atoms with Crippen molar-refractivity contribution in [2.75, 3.05) is 5.32 Å². The summed E-state index contributed by atoms with van der Waals surface area (Å²) in [6.45, 7) is 5.95. The molecular formula is C14H17ClN2. The largest absolute Gasteiger partial charge is 0.378 e. The lowest BCUT2D eigenvalue weighted by Crippen LogP contribution is -2.06. The minimum atomic E-state index is 0.796. The predicted molar refractivity (Wildman–Crippen MR) is 73.6 cm³/mol. The molecule has 2 rings (SSSR count). The van der Waals surface area contributed by atoms with E-state index in [0.717, 1.165) is 29.4 Å². The van der Waals surface area contributed by atoms with Crippen LogP contribution in [0.1, 0.15) is 18.2 Å². The number of aryl methyl sites for hydroxylation is 2. The topological polar surface area (TPSA) is 17.0 Å². The lowest BCUT2D eigenvalue weighted by Gasteiger charge is -2.11. The Morgan fingerprint density at radius 1 is 1.24 bits per heavy atom. The molecule has 0 spiro atoms. The molecule has 0 radical (unpaired) electrons. The van der Waals surface area contributed by atoms with Gasteiger partial charge in [-0.25, -0.2) is 0 Å². The summed E-state index contributed by atoms with van der Waals surface area (Å²) in [6, 6.07) is 10.2. The Balaban J connectivity index is 2.10. The van der Waals surface area contributed by atoms with E-state index >= 15 is 0 Å². The van der Waals surface area contributed by atoms with Gasteiger partial charge < -0.3 is 9.88 Å². The van der Waals surface area contributed by atoms with Crippen molar-refractivity contribution in [3.05, 3.63) is 52.8 Å². The molecule has 1 aromatic carbocycles. The molecule has 0 atom stereocenters. The second-order valence-electron chi connectivity index (χ2n) is 4.08. The summed E-state index contributed by atoms with van der Waals surface area (Å²) in [7, 11) is 0. The summed E-state index contributed by atoms with van der Waals surface area (Å²) in [5.74, 6) is 0. The maximum Gasteiger partial charge on any atom is 0.0666 e. The van der Waals surface area contributed by atoms with Crippen LogP contribution in [0.25, 0.3) is 0 Å². The van der Waals surface area contributed by atoms with Gasteiger partial charge >= 0.3 is 0 Å². The van der Waals surface area contributed by atoms with Crippen LogP contribution in [0.5, 0.6) is 0 Å². The molecule has 0 unspecified atom stereocenters. The van der Waals surface area contributed by atoms with E-state index in [1.165, 1.54) is 5.69 Å². The van der Waals surface area contributed by atoms with Crippen molar-refractivity contribution in [2.24, 2.45) is 0 Å². The molecule has 1 aromatic heterocycles. The van der Waals surface area contributed by atoms with Crippen LogP contribution in [-0.4, -0.2) is 4.57 Å². The van der Waals surface area contributed by atoms with Crippen LogP contribution in [-0.2, 0) is 13.1 Å². The van der Waals surface area contributed by atoms with Gasteiger partial charge in [-0.15, -0.1) is 0 Å². The number of aromatic nitrogens is 1. The fourth-order valence-electron chi connectivity index (χ4n) is 1.89. The van der Waals surface area contributed by atoms with Gasteiger partial charge in [0.15, 0.2) is 0 Å². The number of hydrogen-bond donors (Lipinski definition) is 1. The molecule has 0 aliphatic rings. The van der Waals surface area contributed by atoms with E-state index in [2.05, 4.69) is 35.1 Å². The zero-order chi connectivity index (χ0) is 12.3. The first-order chi connectivity index (χ1) is 8.22. The molecular weight excluding hydrogens is 232 g/mol. The average Bonchev–Trinajstić information content (AvgIpc) is 2.78. The highest BCUT2D eigenvalue weighted by Gasteiger charge is 2.03. The number of rotatable bonds is 4. The van der Waals surface area contributed by atoms with E-state index in [1.807, 2.05) is 25.1 Å². The highest BCUT2D eigenvalue weighted by molar-refractivity contribution is 6.33. The first-order valence-corrected chi connectivity index (χ1v) is 6.23. The standard InChI is InChI=1S/C14H17ClN2/c1-3-17-9-5-7-12(17)10-16-13-8-4-6-11(2)14(13)15/h4-9,16H,3,10H2,1-2H3. The van der Waals surface area contributed by atoms with Gasteiger partial charge in [-0.1, -0.05) is 23.7 Å². The summed E-state index contributed by atoms with van der Waals surface area (Å²) >= 11 is 6.24. The number of nitrogens with one attached hydrogen (secondary N) is 1. The maximum absolute atomic E-state index is 6.24. The normalized spacial score (nSPS) is 10.5. The van der Waals surface area contributed by atoms with Crippen molar-refractivity contribution in [3.8, 4) is 0 Å². The molecule has 0 fully saturated rings. The minimum Gasteiger partial charge on any atom is -0.378 e. The second-order valence-corrected chi connectivity index (χ2v) is 4.45. The zero-order valence-corrected chi connectivity index (χ0v) is 11.0. The van der Waals surface area contributed by atoms with Gasteiger partial charge in [0.1, 0.15) is 0 Å². The maximum atomic E-state index is 6.24. The van der Waals surface area contributed by atoms with Crippen LogP contribution in [0.2, 0.25) is 5.02 Å². The molecule has 0 saturated heterocycles. The number of halogens is 1. The monoisotopic (exact) mass is 248 g/mol. The number of benzene rings is 1. The van der Waals surface area contributed by atoms with Crippen molar-refractivity contribution in [2.45, 2.75) is 26.9 Å². The number of hydrogen-bond acceptors (Lipinski definition) is 1. The molecule has 2 nitrogen and oxygen atoms in total. The zero-order valence-electron chi connectivity index (χ0n) is 10.2. The molecule has 17 heavy (non-hydrogen) atoms. The quantitative estimate of drug-likeness (QED) is 0.863. The summed E-state index contributed by atoms with van der Waals surface area (Å²) in [5.41, 5.74) is 3.36. The van der Waals surface area contributed by atoms with E-state index in [0.29, 0.717) is 0 Å². The third-order valence-corrected chi connectivity index (χ3v) is 3.42. The molecule has 1 N–H and O–H groups in total. The van der Waals surface area contributed by atoms with Crippen LogP contribution in [0.4, 0.5) is 5.69 Å². The van der Waals surface area contributed by atoms with Gasteiger partial charge in [0.2, 0.25) is 0 Å². The summed E-state index contributed by atoms with van der Waals surface area (Å²) in [5, 5.41) is 4.19. The Morgan fingerprint density at radius 3 is 2.82 bits per heavy atom. The third kappa shape index (κ3) is 2.64. The third-order valence-electron chi connectivity index (χ3n) is 2.92. The van der Waals surface area contributed by atoms with Crippen LogP contribution < -0.4 is 5.32 Å². The van der Waals surface area contributed by atoms with Crippen LogP contribution in [0.15, 0.2) is 36.5 Å². The SMILES string of the molecule is CCn1cccc1CNc1cccc(C)c1Cl. The van der Waals surface area contributed by atoms with Crippen molar-refractivity contribution in [1.29, 1.82) is 0 Å². The molecule has 1 heterocycles. The predicted octanol–water partition coefficient (Wildman–Crippen LogP) is 4.08. The van der Waals surface area contributed by atoms with E-state index in [1.54, 1.807) is 0 Å². The smallest absolute Gasteiger partial charge is 0.0666 e. The van der Waals surface area contributed by atoms with Crippen molar-refractivity contribution in [1.82, 2.24) is 4.57 Å². The van der Waals surface area contributed by atoms with Gasteiger partial charge in [0, 0.05) is 18.4 Å². The first kappa shape index (κ1) is 12.1. The van der Waals surface area contributed by atoms with Gasteiger partial charge in [0.25, 0.3) is 0 Å². The number of nitrogens with zero attached hydrogens (tertiary/aromatic N) is 1. The fourth-order valence-corrected chi connectivity index (χ4v) is 2.08. The molecule has 0 saturated carbocycles. The van der Waals surface area contributed by atoms with Crippen molar-refractivity contribution >= 4 is 17.3 Å². The Bertz CT molecular complexity index is 503. The average molecular weight is 249 g/mol. The highest BCUT2D eigenvalue weighted by atomic mass is 35.5. The van der Waals surface area contributed by atoms with Crippen LogP contribution in [0, 0.1) is 6.92 Å². The fraction of sp³-hybridized carbons (Fsp3) is 0.286. The molecule has 90 valence electrons. The Labute approximate surface area is 107 Å². The summed E-state index contributed by atoms with van der Waals surface area (Å²) in [4.78, 5) is 0. The molecule has 0 aliphatic heterocycles. The van der Waals surface area contributed by atoms with Crippen LogP contribution >= 0.6 is 11.6 Å². The first-order valence-electron chi connectivity index (χ1n) is 5.85. The van der Waals surface area contributed by atoms with E-state index in [4.69, 9.17) is 11.6 Å². The van der Waals surface area contributed by atoms with Gasteiger partial charge in [-0.3, -0.25) is 0 Å². The highest BCUT2D eigenvalue weighted by Crippen LogP contribution is 2.25. The van der Waals surface area contributed by atoms with Crippen molar-refractivity contribution in [3.63, 3.8) is 0 Å². The lowest BCUT2D eigenvalue weighted by molar-refractivity contribution is 0.724. The van der Waals surface area contributed by atoms with Crippen molar-refractivity contribution < 1.29 is 0 Å². The second kappa shape index (κ2) is 5.28. The van der Waals surface area contributed by atoms with E-state index < -0.39 is 0 Å². The Hall–Kier alpha value is -1.41. The van der Waals surface area contributed by atoms with Gasteiger partial charge in [-0.05, 0) is 37.6 Å². The summed E-state index contributed by atoms with van der Waals surface area (Å²) in [6.07, 6.45) is 2.09. The van der Waals surface area contributed by atoms with E-state index in [9.17, 15) is 0 Å². The Morgan fingerprint density at radius 2 is 2.06 bits per heavy atom. The molecule has 2 aromatic rings. The summed E-state index contributed by atoms with van der Waals surface area (Å²) < 4.78 is 2.22. The van der Waals surface area contributed by atoms with Gasteiger partial charge in [0.05, 0.1) is 17.3 Å². The molecule has 0 bridgehead atoms. The van der Waals surface area contributed by atoms with Gasteiger partial charge in [-0.2, -0.15) is 0 Å². The molecule has 3 heteroatoms. The lowest BCUT2D eigenvalue weighted by atomic mass is 10.2. The minimum absolute atomic E-state index is 0.796. The van der Waals surface area contributed by atoms with E-state index in [-0.39, 0.29) is 0 Å². The molecule has 0 aliphatic carbocycles.